The molecule has 8 heteroatoms. The Hall–Kier alpha value is -1.96. The van der Waals surface area contributed by atoms with Gasteiger partial charge < -0.3 is 9.84 Å². The zero-order valence-corrected chi connectivity index (χ0v) is 16.5. The summed E-state index contributed by atoms with van der Waals surface area (Å²) in [5, 5.41) is 6.77. The summed E-state index contributed by atoms with van der Waals surface area (Å²) < 4.78 is 32.8. The SMILES string of the molecule is CNC(C)Cc1noc(C(Sc2ccc(F)cc2F)c2ccccc2)n1.Cl. The summed E-state index contributed by atoms with van der Waals surface area (Å²) in [6, 6.07) is 13.3. The van der Waals surface area contributed by atoms with E-state index in [0.717, 1.165) is 11.6 Å². The molecule has 0 aliphatic heterocycles. The zero-order chi connectivity index (χ0) is 18.5. The minimum absolute atomic E-state index is 0. The minimum Gasteiger partial charge on any atom is -0.338 e. The Balaban J connectivity index is 0.00000261. The number of nitrogens with zero attached hydrogens (tertiary/aromatic N) is 2. The summed E-state index contributed by atoms with van der Waals surface area (Å²) in [5.41, 5.74) is 0.901. The van der Waals surface area contributed by atoms with Gasteiger partial charge in [0.25, 0.3) is 0 Å². The van der Waals surface area contributed by atoms with E-state index in [9.17, 15) is 8.78 Å². The number of aromatic nitrogens is 2. The third-order valence-electron chi connectivity index (χ3n) is 3.93. The summed E-state index contributed by atoms with van der Waals surface area (Å²) in [4.78, 5) is 4.81. The Labute approximate surface area is 167 Å². The van der Waals surface area contributed by atoms with Crippen molar-refractivity contribution in [2.45, 2.75) is 29.5 Å². The van der Waals surface area contributed by atoms with Gasteiger partial charge in [0.1, 0.15) is 16.9 Å². The van der Waals surface area contributed by atoms with E-state index >= 15 is 0 Å². The normalized spacial score (nSPS) is 13.0. The second-order valence-corrected chi connectivity index (χ2v) is 7.07. The highest BCUT2D eigenvalue weighted by molar-refractivity contribution is 7.99. The van der Waals surface area contributed by atoms with E-state index in [0.29, 0.717) is 23.0 Å². The fourth-order valence-electron chi connectivity index (χ4n) is 2.42. The van der Waals surface area contributed by atoms with Crippen LogP contribution in [0.2, 0.25) is 0 Å². The van der Waals surface area contributed by atoms with Gasteiger partial charge in [-0.05, 0) is 31.7 Å². The topological polar surface area (TPSA) is 51.0 Å². The maximum absolute atomic E-state index is 14.1. The molecule has 0 bridgehead atoms. The molecule has 0 aliphatic rings. The number of likely N-dealkylation sites (N-methyl/N-ethyl adjacent to an activating group) is 1. The van der Waals surface area contributed by atoms with Gasteiger partial charge in [0.2, 0.25) is 5.89 Å². The molecular formula is C19H20ClF2N3OS. The van der Waals surface area contributed by atoms with Gasteiger partial charge in [0.15, 0.2) is 5.82 Å². The van der Waals surface area contributed by atoms with E-state index in [2.05, 4.69) is 15.5 Å². The van der Waals surface area contributed by atoms with Crippen LogP contribution in [-0.4, -0.2) is 23.2 Å². The quantitative estimate of drug-likeness (QED) is 0.566. The Kier molecular flexibility index (Phi) is 7.77. The predicted molar refractivity (Wildman–Crippen MR) is 104 cm³/mol. The van der Waals surface area contributed by atoms with E-state index < -0.39 is 11.6 Å². The zero-order valence-electron chi connectivity index (χ0n) is 14.9. The standard InChI is InChI=1S/C19H19F2N3OS.ClH/c1-12(22-2)10-17-23-19(25-24-17)18(13-6-4-3-5-7-13)26-16-9-8-14(20)11-15(16)21;/h3-9,11-12,18,22H,10H2,1-2H3;1H. The van der Waals surface area contributed by atoms with Crippen molar-refractivity contribution in [3.8, 4) is 0 Å². The lowest BCUT2D eigenvalue weighted by Crippen LogP contribution is -2.24. The second-order valence-electron chi connectivity index (χ2n) is 5.93. The first-order chi connectivity index (χ1) is 12.6. The lowest BCUT2D eigenvalue weighted by atomic mass is 10.1. The van der Waals surface area contributed by atoms with Crippen molar-refractivity contribution in [2.75, 3.05) is 7.05 Å². The lowest BCUT2D eigenvalue weighted by molar-refractivity contribution is 0.375. The first kappa shape index (κ1) is 21.3. The van der Waals surface area contributed by atoms with E-state index in [1.807, 2.05) is 44.3 Å². The van der Waals surface area contributed by atoms with Gasteiger partial charge in [0.05, 0.1) is 0 Å². The van der Waals surface area contributed by atoms with Crippen molar-refractivity contribution >= 4 is 24.2 Å². The van der Waals surface area contributed by atoms with Gasteiger partial charge in [-0.25, -0.2) is 8.78 Å². The highest BCUT2D eigenvalue weighted by atomic mass is 35.5. The molecule has 2 aromatic carbocycles. The van der Waals surface area contributed by atoms with Crippen LogP contribution in [0.3, 0.4) is 0 Å². The Bertz CT molecular complexity index is 863. The molecule has 0 fully saturated rings. The molecule has 4 nitrogen and oxygen atoms in total. The summed E-state index contributed by atoms with van der Waals surface area (Å²) in [7, 11) is 1.87. The molecule has 0 spiro atoms. The molecule has 0 saturated heterocycles. The third kappa shape index (κ3) is 5.51. The minimum atomic E-state index is -0.612. The number of rotatable bonds is 7. The van der Waals surface area contributed by atoms with Crippen LogP contribution >= 0.6 is 24.2 Å². The average Bonchev–Trinajstić information content (AvgIpc) is 3.09. The van der Waals surface area contributed by atoms with Gasteiger partial charge in [-0.2, -0.15) is 4.98 Å². The molecule has 1 heterocycles. The Morgan fingerprint density at radius 3 is 2.56 bits per heavy atom. The molecule has 3 aromatic rings. The average molecular weight is 412 g/mol. The number of hydrogen-bond donors (Lipinski definition) is 1. The maximum atomic E-state index is 14.1. The molecule has 2 atom stereocenters. The van der Waals surface area contributed by atoms with Crippen LogP contribution in [0.15, 0.2) is 57.9 Å². The van der Waals surface area contributed by atoms with Crippen LogP contribution in [0, 0.1) is 11.6 Å². The van der Waals surface area contributed by atoms with Crippen molar-refractivity contribution in [3.63, 3.8) is 0 Å². The largest absolute Gasteiger partial charge is 0.338 e. The monoisotopic (exact) mass is 411 g/mol. The van der Waals surface area contributed by atoms with Crippen LogP contribution in [0.1, 0.15) is 29.5 Å². The molecule has 27 heavy (non-hydrogen) atoms. The van der Waals surface area contributed by atoms with Crippen LogP contribution in [0.25, 0.3) is 0 Å². The van der Waals surface area contributed by atoms with E-state index in [1.54, 1.807) is 0 Å². The highest BCUT2D eigenvalue weighted by Crippen LogP contribution is 2.40. The van der Waals surface area contributed by atoms with Crippen LogP contribution in [-0.2, 0) is 6.42 Å². The smallest absolute Gasteiger partial charge is 0.244 e. The van der Waals surface area contributed by atoms with Crippen molar-refractivity contribution in [2.24, 2.45) is 0 Å². The molecule has 0 saturated carbocycles. The molecule has 3 rings (SSSR count). The lowest BCUT2D eigenvalue weighted by Gasteiger charge is -2.13. The number of halogens is 3. The summed E-state index contributed by atoms with van der Waals surface area (Å²) >= 11 is 1.21. The highest BCUT2D eigenvalue weighted by Gasteiger charge is 2.24. The van der Waals surface area contributed by atoms with Gasteiger partial charge in [-0.3, -0.25) is 0 Å². The first-order valence-corrected chi connectivity index (χ1v) is 9.11. The van der Waals surface area contributed by atoms with E-state index in [-0.39, 0.29) is 23.7 Å². The molecule has 0 amide bonds. The summed E-state index contributed by atoms with van der Waals surface area (Å²) in [6.07, 6.45) is 0.622. The molecule has 0 radical (unpaired) electrons. The van der Waals surface area contributed by atoms with Crippen molar-refractivity contribution in [1.29, 1.82) is 0 Å². The van der Waals surface area contributed by atoms with E-state index in [1.165, 1.54) is 23.9 Å². The summed E-state index contributed by atoms with van der Waals surface area (Å²) in [5.74, 6) is -0.241. The number of benzene rings is 2. The molecule has 0 aliphatic carbocycles. The maximum Gasteiger partial charge on any atom is 0.244 e. The van der Waals surface area contributed by atoms with Gasteiger partial charge in [0, 0.05) is 23.4 Å². The molecule has 2 unspecified atom stereocenters. The first-order valence-electron chi connectivity index (χ1n) is 8.23. The van der Waals surface area contributed by atoms with Gasteiger partial charge in [-0.15, -0.1) is 24.2 Å². The summed E-state index contributed by atoms with van der Waals surface area (Å²) in [6.45, 7) is 2.02. The number of hydrogen-bond acceptors (Lipinski definition) is 5. The molecule has 1 N–H and O–H groups in total. The van der Waals surface area contributed by atoms with Crippen LogP contribution in [0.5, 0.6) is 0 Å². The van der Waals surface area contributed by atoms with Crippen molar-refractivity contribution in [1.82, 2.24) is 15.5 Å². The van der Waals surface area contributed by atoms with Crippen LogP contribution in [0.4, 0.5) is 8.78 Å². The molecule has 1 aromatic heterocycles. The molecular weight excluding hydrogens is 392 g/mol. The van der Waals surface area contributed by atoms with Crippen molar-refractivity contribution < 1.29 is 13.3 Å². The van der Waals surface area contributed by atoms with E-state index in [4.69, 9.17) is 4.52 Å². The second kappa shape index (κ2) is 9.82. The third-order valence-corrected chi connectivity index (χ3v) is 5.23. The fraction of sp³-hybridized carbons (Fsp3) is 0.263. The molecule has 144 valence electrons. The van der Waals surface area contributed by atoms with Crippen molar-refractivity contribution in [3.05, 3.63) is 77.4 Å². The number of nitrogens with one attached hydrogen (secondary N) is 1. The Morgan fingerprint density at radius 1 is 1.15 bits per heavy atom. The number of thioether (sulfide) groups is 1. The Morgan fingerprint density at radius 2 is 1.89 bits per heavy atom. The van der Waals surface area contributed by atoms with Gasteiger partial charge >= 0.3 is 0 Å². The predicted octanol–water partition coefficient (Wildman–Crippen LogP) is 4.80. The van der Waals surface area contributed by atoms with Crippen LogP contribution < -0.4 is 5.32 Å². The van der Waals surface area contributed by atoms with Gasteiger partial charge in [-0.1, -0.05) is 35.5 Å². The fourth-order valence-corrected chi connectivity index (χ4v) is 3.48.